The largest absolute Gasteiger partial charge is 0.469 e. The molecule has 0 aliphatic carbocycles. The fraction of sp³-hybridized carbons (Fsp3) is 0.286. The summed E-state index contributed by atoms with van der Waals surface area (Å²) in [6.45, 7) is 1.76. The molecule has 2 aromatic rings. The molecule has 6 heteroatoms. The molecule has 1 amide bonds. The molecule has 27 heavy (non-hydrogen) atoms. The van der Waals surface area contributed by atoms with Gasteiger partial charge in [-0.15, -0.1) is 11.8 Å². The van der Waals surface area contributed by atoms with E-state index in [1.807, 2.05) is 66.9 Å². The van der Waals surface area contributed by atoms with Gasteiger partial charge in [0.2, 0.25) is 0 Å². The van der Waals surface area contributed by atoms with Crippen molar-refractivity contribution in [3.8, 4) is 0 Å². The van der Waals surface area contributed by atoms with E-state index in [1.165, 1.54) is 7.11 Å². The fourth-order valence-electron chi connectivity index (χ4n) is 3.38. The number of anilines is 1. The number of nitrogens with zero attached hydrogens (tertiary/aromatic N) is 2. The third-order valence-electron chi connectivity index (χ3n) is 4.65. The fourth-order valence-corrected chi connectivity index (χ4v) is 4.51. The lowest BCUT2D eigenvalue weighted by Gasteiger charge is -2.55. The van der Waals surface area contributed by atoms with E-state index in [1.54, 1.807) is 23.6 Å². The number of β-lactam (4-membered cyclic amide) rings is 1. The number of benzene rings is 2. The molecule has 3 rings (SSSR count). The number of rotatable bonds is 6. The Morgan fingerprint density at radius 2 is 1.74 bits per heavy atom. The molecule has 1 aliphatic heterocycles. The Hall–Kier alpha value is -2.60. The summed E-state index contributed by atoms with van der Waals surface area (Å²) in [7, 11) is 1.34. The summed E-state index contributed by atoms with van der Waals surface area (Å²) < 4.78 is 4.71. The van der Waals surface area contributed by atoms with E-state index < -0.39 is 10.9 Å². The zero-order valence-corrected chi connectivity index (χ0v) is 16.4. The van der Waals surface area contributed by atoms with E-state index in [9.17, 15) is 9.59 Å². The van der Waals surface area contributed by atoms with E-state index in [2.05, 4.69) is 4.99 Å². The van der Waals surface area contributed by atoms with Crippen LogP contribution in [0.5, 0.6) is 0 Å². The van der Waals surface area contributed by atoms with Gasteiger partial charge in [-0.1, -0.05) is 48.5 Å². The predicted molar refractivity (Wildman–Crippen MR) is 109 cm³/mol. The molecule has 5 nitrogen and oxygen atoms in total. The standard InChI is InChI=1S/C21H22N2O3S/c1-15(14-18(24)26-2)22-19-20(25)23(17-12-8-5-9-13-17)21(19,27-3)16-10-6-4-7-11-16/h4-13,19H,14H2,1-3H3/t19-,21-/m0/s1. The highest BCUT2D eigenvalue weighted by molar-refractivity contribution is 7.99. The van der Waals surface area contributed by atoms with Crippen LogP contribution in [0.1, 0.15) is 18.9 Å². The second-order valence-corrected chi connectivity index (χ2v) is 7.33. The normalized spacial score (nSPS) is 22.3. The highest BCUT2D eigenvalue weighted by Crippen LogP contribution is 2.53. The van der Waals surface area contributed by atoms with Crippen LogP contribution in [0.4, 0.5) is 5.69 Å². The summed E-state index contributed by atoms with van der Waals surface area (Å²) in [6, 6.07) is 18.9. The average molecular weight is 382 g/mol. The zero-order chi connectivity index (χ0) is 19.4. The van der Waals surface area contributed by atoms with Gasteiger partial charge in [0, 0.05) is 11.4 Å². The van der Waals surface area contributed by atoms with Gasteiger partial charge in [-0.05, 0) is 30.9 Å². The summed E-state index contributed by atoms with van der Waals surface area (Å²) in [4.78, 5) is 30.4. The molecule has 1 saturated heterocycles. The van der Waals surface area contributed by atoms with Crippen molar-refractivity contribution in [3.63, 3.8) is 0 Å². The highest BCUT2D eigenvalue weighted by atomic mass is 32.2. The first-order valence-electron chi connectivity index (χ1n) is 8.64. The van der Waals surface area contributed by atoms with E-state index >= 15 is 0 Å². The first-order valence-corrected chi connectivity index (χ1v) is 9.87. The third-order valence-corrected chi connectivity index (χ3v) is 5.91. The Morgan fingerprint density at radius 3 is 2.30 bits per heavy atom. The van der Waals surface area contributed by atoms with Crippen molar-refractivity contribution < 1.29 is 14.3 Å². The highest BCUT2D eigenvalue weighted by Gasteiger charge is 2.62. The Balaban J connectivity index is 2.06. The lowest BCUT2D eigenvalue weighted by molar-refractivity contribution is -0.139. The lowest BCUT2D eigenvalue weighted by atomic mass is 9.86. The number of thioether (sulfide) groups is 1. The predicted octanol–water partition coefficient (Wildman–Crippen LogP) is 3.64. The number of esters is 1. The van der Waals surface area contributed by atoms with Crippen LogP contribution in [0.2, 0.25) is 0 Å². The molecular weight excluding hydrogens is 360 g/mol. The maximum Gasteiger partial charge on any atom is 0.311 e. The molecule has 0 unspecified atom stereocenters. The number of hydrogen-bond donors (Lipinski definition) is 0. The van der Waals surface area contributed by atoms with Crippen molar-refractivity contribution in [2.75, 3.05) is 18.3 Å². The minimum atomic E-state index is -0.656. The molecule has 0 saturated carbocycles. The van der Waals surface area contributed by atoms with Crippen LogP contribution >= 0.6 is 11.8 Å². The first kappa shape index (κ1) is 19.2. The van der Waals surface area contributed by atoms with Crippen LogP contribution in [0.15, 0.2) is 65.7 Å². The minimum Gasteiger partial charge on any atom is -0.469 e. The summed E-state index contributed by atoms with van der Waals surface area (Å²) in [5.74, 6) is -0.444. The topological polar surface area (TPSA) is 59.0 Å². The van der Waals surface area contributed by atoms with Crippen LogP contribution in [-0.2, 0) is 19.2 Å². The van der Waals surface area contributed by atoms with Crippen molar-refractivity contribution in [2.45, 2.75) is 24.3 Å². The molecule has 0 aromatic heterocycles. The maximum absolute atomic E-state index is 13.1. The van der Waals surface area contributed by atoms with Crippen molar-refractivity contribution in [1.82, 2.24) is 0 Å². The van der Waals surface area contributed by atoms with Gasteiger partial charge in [0.15, 0.2) is 10.9 Å². The van der Waals surface area contributed by atoms with Crippen LogP contribution in [0.25, 0.3) is 0 Å². The van der Waals surface area contributed by atoms with Gasteiger partial charge < -0.3 is 4.74 Å². The van der Waals surface area contributed by atoms with Gasteiger partial charge in [0.25, 0.3) is 5.91 Å². The van der Waals surface area contributed by atoms with Crippen molar-refractivity contribution >= 4 is 35.0 Å². The first-order chi connectivity index (χ1) is 13.0. The summed E-state index contributed by atoms with van der Waals surface area (Å²) >= 11 is 1.58. The minimum absolute atomic E-state index is 0.0743. The molecule has 140 valence electrons. The van der Waals surface area contributed by atoms with E-state index in [0.29, 0.717) is 5.71 Å². The molecule has 1 fully saturated rings. The number of hydrogen-bond acceptors (Lipinski definition) is 5. The Morgan fingerprint density at radius 1 is 1.15 bits per heavy atom. The van der Waals surface area contributed by atoms with Gasteiger partial charge in [-0.3, -0.25) is 19.5 Å². The number of carbonyl (C=O) groups is 2. The van der Waals surface area contributed by atoms with Gasteiger partial charge in [0.05, 0.1) is 13.5 Å². The monoisotopic (exact) mass is 382 g/mol. The molecule has 2 aromatic carbocycles. The SMILES string of the molecule is COC(=O)CC(C)=N[C@H]1C(=O)N(c2ccccc2)[C@]1(SC)c1ccccc1. The van der Waals surface area contributed by atoms with Crippen LogP contribution in [-0.4, -0.2) is 37.0 Å². The van der Waals surface area contributed by atoms with E-state index in [-0.39, 0.29) is 18.3 Å². The Labute approximate surface area is 163 Å². The van der Waals surface area contributed by atoms with Crippen molar-refractivity contribution in [2.24, 2.45) is 4.99 Å². The number of ether oxygens (including phenoxy) is 1. The van der Waals surface area contributed by atoms with E-state index in [4.69, 9.17) is 4.74 Å². The van der Waals surface area contributed by atoms with Crippen molar-refractivity contribution in [1.29, 1.82) is 0 Å². The molecule has 1 heterocycles. The van der Waals surface area contributed by atoms with Gasteiger partial charge in [-0.2, -0.15) is 0 Å². The lowest BCUT2D eigenvalue weighted by Crippen LogP contribution is -2.70. The molecule has 1 aliphatic rings. The second kappa shape index (κ2) is 7.96. The Bertz CT molecular complexity index is 854. The third kappa shape index (κ3) is 3.37. The number of aliphatic imine (C=N–C) groups is 1. The molecule has 0 radical (unpaired) electrons. The molecular formula is C21H22N2O3S. The summed E-state index contributed by atoms with van der Waals surface area (Å²) in [5.41, 5.74) is 2.42. The molecule has 0 bridgehead atoms. The van der Waals surface area contributed by atoms with Crippen LogP contribution in [0.3, 0.4) is 0 Å². The summed E-state index contributed by atoms with van der Waals surface area (Å²) in [6.07, 6.45) is 2.05. The number of methoxy groups -OCH3 is 1. The molecule has 0 N–H and O–H groups in total. The number of para-hydroxylation sites is 1. The van der Waals surface area contributed by atoms with Crippen LogP contribution in [0, 0.1) is 0 Å². The second-order valence-electron chi connectivity index (χ2n) is 6.30. The van der Waals surface area contributed by atoms with Crippen molar-refractivity contribution in [3.05, 3.63) is 66.2 Å². The molecule has 0 spiro atoms. The van der Waals surface area contributed by atoms with Gasteiger partial charge >= 0.3 is 5.97 Å². The molecule has 2 atom stereocenters. The smallest absolute Gasteiger partial charge is 0.311 e. The van der Waals surface area contributed by atoms with Gasteiger partial charge in [0.1, 0.15) is 0 Å². The number of carbonyl (C=O) groups excluding carboxylic acids is 2. The van der Waals surface area contributed by atoms with Crippen LogP contribution < -0.4 is 4.90 Å². The average Bonchev–Trinajstić information content (AvgIpc) is 2.71. The van der Waals surface area contributed by atoms with Gasteiger partial charge in [-0.25, -0.2) is 0 Å². The van der Waals surface area contributed by atoms with E-state index in [0.717, 1.165) is 11.3 Å². The zero-order valence-electron chi connectivity index (χ0n) is 15.6. The quantitative estimate of drug-likeness (QED) is 0.435. The maximum atomic E-state index is 13.1. The Kier molecular flexibility index (Phi) is 5.65. The number of amides is 1. The summed E-state index contributed by atoms with van der Waals surface area (Å²) in [5, 5.41) is 0.